The monoisotopic (exact) mass is 1120 g/mol. The lowest BCUT2D eigenvalue weighted by Gasteiger charge is -2.48. The Bertz CT molecular complexity index is 1870. The second-order valence-corrected chi connectivity index (χ2v) is 20.0. The molecular weight excluding hydrogens is 1020 g/mol. The van der Waals surface area contributed by atoms with Gasteiger partial charge < -0.3 is 89.9 Å². The number of carbonyl (C=O) groups is 1. The summed E-state index contributed by atoms with van der Waals surface area (Å²) in [7, 11) is 0. The van der Waals surface area contributed by atoms with Crippen LogP contribution in [0.4, 0.5) is 0 Å². The molecule has 3 saturated heterocycles. The minimum absolute atomic E-state index is 0.187. The molecule has 19 heteroatoms. The smallest absolute Gasteiger partial charge is 0.220 e. The molecule has 17 unspecified atom stereocenters. The number of aliphatic hydroxyl groups excluding tert-OH is 11. The first kappa shape index (κ1) is 69.7. The van der Waals surface area contributed by atoms with Crippen molar-refractivity contribution in [2.75, 3.05) is 26.4 Å². The number of hydrogen-bond acceptors (Lipinski definition) is 18. The minimum Gasteiger partial charge on any atom is -0.394 e. The molecule has 3 fully saturated rings. The van der Waals surface area contributed by atoms with Crippen molar-refractivity contribution in [1.82, 2.24) is 5.32 Å². The second kappa shape index (κ2) is 42.3. The van der Waals surface area contributed by atoms with E-state index in [-0.39, 0.29) is 18.9 Å². The van der Waals surface area contributed by atoms with Crippen LogP contribution in [0.3, 0.4) is 0 Å². The van der Waals surface area contributed by atoms with Crippen molar-refractivity contribution in [1.29, 1.82) is 0 Å². The number of aliphatic hydroxyl groups is 11. The molecule has 3 heterocycles. The third-order valence-corrected chi connectivity index (χ3v) is 13.6. The Hall–Kier alpha value is -3.55. The molecule has 79 heavy (non-hydrogen) atoms. The van der Waals surface area contributed by atoms with Crippen molar-refractivity contribution < 1.29 is 89.4 Å². The summed E-state index contributed by atoms with van der Waals surface area (Å²) in [6.07, 6.45) is 26.7. The van der Waals surface area contributed by atoms with Crippen LogP contribution in [-0.2, 0) is 33.2 Å². The van der Waals surface area contributed by atoms with E-state index in [0.717, 1.165) is 89.9 Å². The molecule has 0 saturated carbocycles. The zero-order valence-corrected chi connectivity index (χ0v) is 46.5. The largest absolute Gasteiger partial charge is 0.394 e. The van der Waals surface area contributed by atoms with Gasteiger partial charge in [-0.15, -0.1) is 0 Å². The van der Waals surface area contributed by atoms with Crippen molar-refractivity contribution >= 4 is 5.91 Å². The summed E-state index contributed by atoms with van der Waals surface area (Å²) in [6, 6.07) is -1.01. The fraction of sp³-hybridized carbons (Fsp3) is 0.683. The number of allylic oxidation sites excluding steroid dienone is 17. The van der Waals surface area contributed by atoms with E-state index >= 15 is 0 Å². The van der Waals surface area contributed by atoms with Gasteiger partial charge in [-0.1, -0.05) is 142 Å². The van der Waals surface area contributed by atoms with Crippen molar-refractivity contribution in [3.8, 4) is 0 Å². The van der Waals surface area contributed by atoms with Gasteiger partial charge in [0.25, 0.3) is 0 Å². The molecular formula is C60H97NO18. The molecule has 3 aliphatic rings. The van der Waals surface area contributed by atoms with Crippen LogP contribution < -0.4 is 5.32 Å². The maximum Gasteiger partial charge on any atom is 0.220 e. The van der Waals surface area contributed by atoms with Gasteiger partial charge in [-0.25, -0.2) is 0 Å². The predicted molar refractivity (Wildman–Crippen MR) is 300 cm³/mol. The number of rotatable bonds is 39. The molecule has 3 aliphatic heterocycles. The number of unbranched alkanes of at least 4 members (excludes halogenated alkanes) is 7. The summed E-state index contributed by atoms with van der Waals surface area (Å²) in [5.41, 5.74) is 0. The third kappa shape index (κ3) is 26.5. The van der Waals surface area contributed by atoms with Crippen LogP contribution >= 0.6 is 0 Å². The van der Waals surface area contributed by atoms with Crippen molar-refractivity contribution in [3.05, 3.63) is 109 Å². The second-order valence-electron chi connectivity index (χ2n) is 20.0. The average Bonchev–Trinajstić information content (AvgIpc) is 3.47. The van der Waals surface area contributed by atoms with Crippen molar-refractivity contribution in [2.24, 2.45) is 0 Å². The average molecular weight is 1120 g/mol. The summed E-state index contributed by atoms with van der Waals surface area (Å²) < 4.78 is 34.1. The molecule has 19 nitrogen and oxygen atoms in total. The van der Waals surface area contributed by atoms with Crippen molar-refractivity contribution in [3.63, 3.8) is 0 Å². The molecule has 0 bridgehead atoms. The first-order valence-electron chi connectivity index (χ1n) is 28.6. The highest BCUT2D eigenvalue weighted by Gasteiger charge is 2.53. The zero-order chi connectivity index (χ0) is 57.6. The summed E-state index contributed by atoms with van der Waals surface area (Å²) in [4.78, 5) is 13.3. The summed E-state index contributed by atoms with van der Waals surface area (Å²) in [6.45, 7) is 1.45. The number of carbonyl (C=O) groups excluding carboxylic acids is 1. The van der Waals surface area contributed by atoms with E-state index in [4.69, 9.17) is 28.4 Å². The van der Waals surface area contributed by atoms with Crippen LogP contribution in [0, 0.1) is 0 Å². The Morgan fingerprint density at radius 1 is 0.468 bits per heavy atom. The lowest BCUT2D eigenvalue weighted by atomic mass is 9.96. The van der Waals surface area contributed by atoms with E-state index in [1.165, 1.54) is 6.42 Å². The molecule has 17 atom stereocenters. The Balaban J connectivity index is 1.48. The first-order valence-corrected chi connectivity index (χ1v) is 28.6. The molecule has 0 radical (unpaired) electrons. The van der Waals surface area contributed by atoms with Gasteiger partial charge in [0, 0.05) is 6.42 Å². The van der Waals surface area contributed by atoms with Gasteiger partial charge >= 0.3 is 0 Å². The SMILES string of the molecule is CC/C=C\C/C=C\C/C=C\C/C=C\C/C=C\C/C=C\C/C=C\CCCCCC(=O)NC(COC1OC(CO)C(OC2OC(CO)C(OC3OC(CO)C(O)C(O)C3O)C(O)C2O)C(O)C1O)C(O)/C=C/CC/C=C/CCCCC. The zero-order valence-electron chi connectivity index (χ0n) is 46.5. The normalized spacial score (nSPS) is 31.1. The fourth-order valence-electron chi connectivity index (χ4n) is 8.83. The van der Waals surface area contributed by atoms with Gasteiger partial charge in [-0.2, -0.15) is 0 Å². The van der Waals surface area contributed by atoms with Crippen LogP contribution in [0.1, 0.15) is 129 Å². The summed E-state index contributed by atoms with van der Waals surface area (Å²) >= 11 is 0. The lowest BCUT2D eigenvalue weighted by Crippen LogP contribution is -2.66. The molecule has 12 N–H and O–H groups in total. The van der Waals surface area contributed by atoms with E-state index in [2.05, 4.69) is 116 Å². The Kier molecular flexibility index (Phi) is 37.3. The van der Waals surface area contributed by atoms with Crippen LogP contribution in [0.15, 0.2) is 109 Å². The first-order chi connectivity index (χ1) is 38.3. The summed E-state index contributed by atoms with van der Waals surface area (Å²) in [5, 5.41) is 120. The van der Waals surface area contributed by atoms with E-state index in [1.807, 2.05) is 0 Å². The summed E-state index contributed by atoms with van der Waals surface area (Å²) in [5.74, 6) is -0.327. The molecule has 0 aromatic heterocycles. The maximum absolute atomic E-state index is 13.3. The number of amides is 1. The predicted octanol–water partition coefficient (Wildman–Crippen LogP) is 4.36. The van der Waals surface area contributed by atoms with Gasteiger partial charge in [0.1, 0.15) is 73.2 Å². The topological polar surface area (TPSA) is 307 Å². The van der Waals surface area contributed by atoms with Gasteiger partial charge in [0.15, 0.2) is 18.9 Å². The molecule has 450 valence electrons. The van der Waals surface area contributed by atoms with Gasteiger partial charge in [-0.3, -0.25) is 4.79 Å². The Labute approximate surface area is 468 Å². The standard InChI is InChI=1S/C60H97NO18/c1-3-5-7-9-11-13-14-15-16-17-18-19-20-21-22-23-24-25-26-27-28-30-32-34-36-38-48(66)61-43(44(65)37-35-33-31-29-12-10-8-6-4-2)42-74-58-54(72)51(69)56(46(40-63)76-58)79-60-55(73)52(70)57(47(41-64)77-60)78-59-53(71)50(68)49(67)45(39-62)75-59/h5,7,11-13,15-16,18-19,21-22,24-25,27-29,35,37,43-47,49-60,62-65,67-73H,3-4,6,8-10,14,17,20,23,26,30-34,36,38-42H2,1-2H3,(H,61,66)/b7-5-,13-11-,16-15-,19-18-,22-21-,25-24-,28-27-,29-12+,37-35+. The number of ether oxygens (including phenoxy) is 6. The van der Waals surface area contributed by atoms with E-state index in [9.17, 15) is 61.0 Å². The molecule has 3 rings (SSSR count). The van der Waals surface area contributed by atoms with Crippen LogP contribution in [0.5, 0.6) is 0 Å². The maximum atomic E-state index is 13.3. The highest BCUT2D eigenvalue weighted by molar-refractivity contribution is 5.76. The van der Waals surface area contributed by atoms with Crippen LogP contribution in [0.2, 0.25) is 0 Å². The van der Waals surface area contributed by atoms with Crippen LogP contribution in [-0.4, -0.2) is 193 Å². The van der Waals surface area contributed by atoms with Gasteiger partial charge in [-0.05, 0) is 89.9 Å². The number of hydrogen-bond donors (Lipinski definition) is 12. The van der Waals surface area contributed by atoms with Crippen LogP contribution in [0.25, 0.3) is 0 Å². The van der Waals surface area contributed by atoms with Crippen molar-refractivity contribution in [2.45, 2.75) is 234 Å². The molecule has 0 aromatic rings. The van der Waals surface area contributed by atoms with Gasteiger partial charge in [0.05, 0.1) is 38.6 Å². The number of nitrogens with one attached hydrogen (secondary N) is 1. The quantitative estimate of drug-likeness (QED) is 0.0301. The Morgan fingerprint density at radius 3 is 1.39 bits per heavy atom. The van der Waals surface area contributed by atoms with E-state index in [0.29, 0.717) is 12.8 Å². The molecule has 1 amide bonds. The van der Waals surface area contributed by atoms with E-state index in [1.54, 1.807) is 12.2 Å². The minimum atomic E-state index is -1.99. The fourth-order valence-corrected chi connectivity index (χ4v) is 8.83. The molecule has 0 aromatic carbocycles. The van der Waals surface area contributed by atoms with Gasteiger partial charge in [0.2, 0.25) is 5.91 Å². The highest BCUT2D eigenvalue weighted by atomic mass is 16.8. The molecule has 0 spiro atoms. The highest BCUT2D eigenvalue weighted by Crippen LogP contribution is 2.33. The lowest BCUT2D eigenvalue weighted by molar-refractivity contribution is -0.379. The molecule has 0 aliphatic carbocycles. The third-order valence-electron chi connectivity index (χ3n) is 13.6. The van der Waals surface area contributed by atoms with E-state index < -0.39 is 124 Å². The Morgan fingerprint density at radius 2 is 0.886 bits per heavy atom.